The van der Waals surface area contributed by atoms with Gasteiger partial charge in [-0.05, 0) is 45.4 Å². The van der Waals surface area contributed by atoms with E-state index in [-0.39, 0.29) is 10.7 Å². The number of nitrogens with zero attached hydrogens (tertiary/aromatic N) is 2. The Morgan fingerprint density at radius 3 is 2.44 bits per heavy atom. The Morgan fingerprint density at radius 1 is 1.26 bits per heavy atom. The molecule has 7 nitrogen and oxygen atoms in total. The predicted molar refractivity (Wildman–Crippen MR) is 105 cm³/mol. The van der Waals surface area contributed by atoms with Gasteiger partial charge in [0.15, 0.2) is 15.6 Å². The monoisotopic (exact) mass is 393 g/mol. The molecule has 0 aliphatic rings. The van der Waals surface area contributed by atoms with E-state index in [2.05, 4.69) is 10.4 Å². The molecule has 2 aromatic rings. The summed E-state index contributed by atoms with van der Waals surface area (Å²) in [4.78, 5) is 13.4. The number of anilines is 1. The Labute approximate surface area is 160 Å². The number of ether oxygens (including phenoxy) is 1. The molecule has 0 aliphatic heterocycles. The minimum absolute atomic E-state index is 0.156. The average Bonchev–Trinajstić information content (AvgIpc) is 2.88. The van der Waals surface area contributed by atoms with Crippen LogP contribution in [0.3, 0.4) is 0 Å². The molecule has 27 heavy (non-hydrogen) atoms. The molecule has 0 spiro atoms. The van der Waals surface area contributed by atoms with Crippen LogP contribution in [-0.2, 0) is 21.1 Å². The quantitative estimate of drug-likeness (QED) is 0.547. The third-order valence-corrected chi connectivity index (χ3v) is 5.73. The minimum atomic E-state index is -3.45. The van der Waals surface area contributed by atoms with Gasteiger partial charge < -0.3 is 10.1 Å². The highest BCUT2D eigenvalue weighted by Gasteiger charge is 2.24. The number of carbonyl (C=O) groups excluding carboxylic acids is 1. The van der Waals surface area contributed by atoms with E-state index in [0.29, 0.717) is 47.8 Å². The summed E-state index contributed by atoms with van der Waals surface area (Å²) >= 11 is 0. The maximum absolute atomic E-state index is 13.2. The van der Waals surface area contributed by atoms with Crippen molar-refractivity contribution in [2.45, 2.75) is 39.1 Å². The SMILES string of the molecule is CCn1nc(C)c(C(=O)c2ccc(S(C)(=O)=O)c(NCCOC)c2C)c1C. The number of hydrogen-bond acceptors (Lipinski definition) is 6. The molecule has 1 aromatic carbocycles. The van der Waals surface area contributed by atoms with Gasteiger partial charge >= 0.3 is 0 Å². The van der Waals surface area contributed by atoms with E-state index in [9.17, 15) is 13.2 Å². The number of nitrogens with one attached hydrogen (secondary N) is 1. The van der Waals surface area contributed by atoms with Crippen LogP contribution >= 0.6 is 0 Å². The van der Waals surface area contributed by atoms with Crippen molar-refractivity contribution >= 4 is 21.3 Å². The second-order valence-electron chi connectivity index (χ2n) is 6.49. The van der Waals surface area contributed by atoms with Crippen LogP contribution < -0.4 is 5.32 Å². The first-order chi connectivity index (χ1) is 12.6. The molecule has 0 saturated heterocycles. The number of hydrogen-bond donors (Lipinski definition) is 1. The molecule has 0 bridgehead atoms. The zero-order valence-electron chi connectivity index (χ0n) is 16.7. The second kappa shape index (κ2) is 8.22. The smallest absolute Gasteiger partial charge is 0.197 e. The lowest BCUT2D eigenvalue weighted by molar-refractivity contribution is 0.103. The number of aromatic nitrogens is 2. The Balaban J connectivity index is 2.60. The highest BCUT2D eigenvalue weighted by molar-refractivity contribution is 7.90. The van der Waals surface area contributed by atoms with Gasteiger partial charge in [0.1, 0.15) is 0 Å². The molecule has 0 fully saturated rings. The van der Waals surface area contributed by atoms with Gasteiger partial charge in [-0.15, -0.1) is 0 Å². The summed E-state index contributed by atoms with van der Waals surface area (Å²) in [6.07, 6.45) is 1.16. The van der Waals surface area contributed by atoms with E-state index in [0.717, 1.165) is 11.9 Å². The number of ketones is 1. The van der Waals surface area contributed by atoms with E-state index in [1.54, 1.807) is 24.8 Å². The predicted octanol–water partition coefficient (Wildman–Crippen LogP) is 2.52. The summed E-state index contributed by atoms with van der Waals surface area (Å²) < 4.78 is 31.2. The number of carbonyl (C=O) groups is 1. The van der Waals surface area contributed by atoms with Crippen molar-refractivity contribution in [3.05, 3.63) is 40.2 Å². The van der Waals surface area contributed by atoms with Gasteiger partial charge in [0, 0.05) is 37.7 Å². The molecule has 1 N–H and O–H groups in total. The van der Waals surface area contributed by atoms with Crippen LogP contribution in [0.25, 0.3) is 0 Å². The second-order valence-corrected chi connectivity index (χ2v) is 8.48. The standard InChI is InChI=1S/C19H27N3O4S/c1-7-22-14(4)17(13(3)21-22)19(23)15-8-9-16(27(6,24)25)18(12(15)2)20-10-11-26-5/h8-9,20H,7,10-11H2,1-6H3. The van der Waals surface area contributed by atoms with Crippen molar-refractivity contribution in [3.63, 3.8) is 0 Å². The van der Waals surface area contributed by atoms with E-state index in [1.807, 2.05) is 20.8 Å². The molecule has 1 heterocycles. The van der Waals surface area contributed by atoms with Crippen molar-refractivity contribution in [2.75, 3.05) is 31.8 Å². The van der Waals surface area contributed by atoms with Gasteiger partial charge in [-0.1, -0.05) is 0 Å². The highest BCUT2D eigenvalue weighted by Crippen LogP contribution is 2.30. The molecule has 0 radical (unpaired) electrons. The molecule has 0 unspecified atom stereocenters. The van der Waals surface area contributed by atoms with Crippen molar-refractivity contribution in [3.8, 4) is 0 Å². The Bertz CT molecular complexity index is 962. The molecule has 0 saturated carbocycles. The van der Waals surface area contributed by atoms with Crippen LogP contribution in [0.4, 0.5) is 5.69 Å². The molecule has 0 atom stereocenters. The summed E-state index contributed by atoms with van der Waals surface area (Å²) in [6.45, 7) is 8.93. The summed E-state index contributed by atoms with van der Waals surface area (Å²) in [7, 11) is -1.88. The van der Waals surface area contributed by atoms with Crippen molar-refractivity contribution < 1.29 is 17.9 Å². The third kappa shape index (κ3) is 4.22. The Hall–Kier alpha value is -2.19. The van der Waals surface area contributed by atoms with Gasteiger partial charge in [0.05, 0.1) is 28.4 Å². The molecule has 2 rings (SSSR count). The zero-order chi connectivity index (χ0) is 20.4. The highest BCUT2D eigenvalue weighted by atomic mass is 32.2. The summed E-state index contributed by atoms with van der Waals surface area (Å²) in [5.41, 5.74) is 3.54. The maximum Gasteiger partial charge on any atom is 0.197 e. The van der Waals surface area contributed by atoms with Crippen LogP contribution in [0, 0.1) is 20.8 Å². The van der Waals surface area contributed by atoms with Gasteiger partial charge in [-0.25, -0.2) is 8.42 Å². The van der Waals surface area contributed by atoms with Crippen LogP contribution in [-0.4, -0.2) is 50.5 Å². The summed E-state index contributed by atoms with van der Waals surface area (Å²) in [5, 5.41) is 7.52. The van der Waals surface area contributed by atoms with Crippen LogP contribution in [0.5, 0.6) is 0 Å². The lowest BCUT2D eigenvalue weighted by Crippen LogP contribution is -2.15. The van der Waals surface area contributed by atoms with E-state index < -0.39 is 9.84 Å². The Morgan fingerprint density at radius 2 is 1.93 bits per heavy atom. The first-order valence-corrected chi connectivity index (χ1v) is 10.7. The molecular formula is C19H27N3O4S. The lowest BCUT2D eigenvalue weighted by Gasteiger charge is -2.17. The zero-order valence-corrected chi connectivity index (χ0v) is 17.5. The number of aryl methyl sites for hydroxylation is 2. The molecule has 0 amide bonds. The topological polar surface area (TPSA) is 90.3 Å². The van der Waals surface area contributed by atoms with Gasteiger partial charge in [-0.2, -0.15) is 5.10 Å². The van der Waals surface area contributed by atoms with Crippen LogP contribution in [0.15, 0.2) is 17.0 Å². The number of methoxy groups -OCH3 is 1. The average molecular weight is 394 g/mol. The fourth-order valence-electron chi connectivity index (χ4n) is 3.21. The molecule has 1 aromatic heterocycles. The number of benzene rings is 1. The summed E-state index contributed by atoms with van der Waals surface area (Å²) in [5.74, 6) is -0.156. The van der Waals surface area contributed by atoms with E-state index >= 15 is 0 Å². The van der Waals surface area contributed by atoms with Crippen molar-refractivity contribution in [1.82, 2.24) is 9.78 Å². The number of rotatable bonds is 8. The third-order valence-electron chi connectivity index (χ3n) is 4.59. The molecule has 0 aliphatic carbocycles. The summed E-state index contributed by atoms with van der Waals surface area (Å²) in [6, 6.07) is 3.07. The maximum atomic E-state index is 13.2. The first-order valence-electron chi connectivity index (χ1n) is 8.78. The van der Waals surface area contributed by atoms with Crippen LogP contribution in [0.1, 0.15) is 39.8 Å². The lowest BCUT2D eigenvalue weighted by atomic mass is 9.96. The molecule has 8 heteroatoms. The Kier molecular flexibility index (Phi) is 6.43. The molecular weight excluding hydrogens is 366 g/mol. The van der Waals surface area contributed by atoms with E-state index in [1.165, 1.54) is 6.07 Å². The fourth-order valence-corrected chi connectivity index (χ4v) is 4.12. The van der Waals surface area contributed by atoms with Gasteiger partial charge in [-0.3, -0.25) is 9.48 Å². The minimum Gasteiger partial charge on any atom is -0.383 e. The largest absolute Gasteiger partial charge is 0.383 e. The van der Waals surface area contributed by atoms with Gasteiger partial charge in [0.25, 0.3) is 0 Å². The number of sulfone groups is 1. The fraction of sp³-hybridized carbons (Fsp3) is 0.474. The van der Waals surface area contributed by atoms with Crippen molar-refractivity contribution in [1.29, 1.82) is 0 Å². The van der Waals surface area contributed by atoms with E-state index in [4.69, 9.17) is 4.74 Å². The van der Waals surface area contributed by atoms with Crippen LogP contribution in [0.2, 0.25) is 0 Å². The first kappa shape index (κ1) is 21.1. The normalized spacial score (nSPS) is 11.6. The van der Waals surface area contributed by atoms with Gasteiger partial charge in [0.2, 0.25) is 0 Å². The van der Waals surface area contributed by atoms with Crippen molar-refractivity contribution in [2.24, 2.45) is 0 Å². The molecule has 148 valence electrons.